The van der Waals surface area contributed by atoms with Gasteiger partial charge in [0.2, 0.25) is 22.1 Å². The van der Waals surface area contributed by atoms with Gasteiger partial charge in [0.1, 0.15) is 5.82 Å². The molecule has 4 heterocycles. The van der Waals surface area contributed by atoms with E-state index < -0.39 is 0 Å². The van der Waals surface area contributed by atoms with E-state index in [1.54, 1.807) is 17.0 Å². The number of piperidine rings is 2. The molecule has 3 saturated heterocycles. The van der Waals surface area contributed by atoms with Gasteiger partial charge in [0.05, 0.1) is 5.92 Å². The Labute approximate surface area is 197 Å². The molecule has 2 amide bonds. The van der Waals surface area contributed by atoms with Crippen LogP contribution in [0.25, 0.3) is 0 Å². The lowest BCUT2D eigenvalue weighted by Gasteiger charge is -2.39. The van der Waals surface area contributed by atoms with Crippen LogP contribution in [0, 0.1) is 11.7 Å². The highest BCUT2D eigenvalue weighted by atomic mass is 32.1. The summed E-state index contributed by atoms with van der Waals surface area (Å²) in [6.45, 7) is 5.04. The van der Waals surface area contributed by atoms with Crippen LogP contribution in [0.15, 0.2) is 24.3 Å². The number of amides is 2. The van der Waals surface area contributed by atoms with Crippen molar-refractivity contribution < 1.29 is 14.0 Å². The number of nitrogens with zero attached hydrogens (tertiary/aromatic N) is 6. The minimum Gasteiger partial charge on any atom is -0.368 e. The lowest BCUT2D eigenvalue weighted by atomic mass is 9.96. The largest absolute Gasteiger partial charge is 0.368 e. The molecule has 8 nitrogen and oxygen atoms in total. The van der Waals surface area contributed by atoms with Gasteiger partial charge in [-0.05, 0) is 49.9 Å². The summed E-state index contributed by atoms with van der Waals surface area (Å²) in [5.74, 6) is 0.0319. The number of hydrogen-bond acceptors (Lipinski definition) is 7. The lowest BCUT2D eigenvalue weighted by Crippen LogP contribution is -2.52. The Hall–Kier alpha value is -2.75. The number of benzene rings is 1. The molecule has 0 radical (unpaired) electrons. The van der Waals surface area contributed by atoms with Crippen LogP contribution in [0.2, 0.25) is 0 Å². The molecule has 0 saturated carbocycles. The number of anilines is 3. The van der Waals surface area contributed by atoms with Crippen LogP contribution in [0.3, 0.4) is 0 Å². The molecule has 176 valence electrons. The average molecular weight is 473 g/mol. The molecule has 3 aliphatic rings. The standard InChI is InChI=1S/C23H29FN6O2S/c24-18-6-8-19(9-7-18)27-12-14-28(15-13-27)21(32)17-4-3-10-29(16-17)22-25-26-23(33-22)30-11-2-1-5-20(30)31/h6-9,17H,1-5,10-16H2/t17-/m0/s1. The number of carbonyl (C=O) groups is 2. The molecular formula is C23H29FN6O2S. The topological polar surface area (TPSA) is 72.9 Å². The SMILES string of the molecule is O=C([C@H]1CCCN(c2nnc(N3CCCCC3=O)s2)C1)N1CCN(c2ccc(F)cc2)CC1. The fourth-order valence-electron chi connectivity index (χ4n) is 4.90. The van der Waals surface area contributed by atoms with Gasteiger partial charge < -0.3 is 14.7 Å². The summed E-state index contributed by atoms with van der Waals surface area (Å²) in [4.78, 5) is 33.5. The molecule has 10 heteroatoms. The van der Waals surface area contributed by atoms with E-state index in [9.17, 15) is 14.0 Å². The van der Waals surface area contributed by atoms with Crippen LogP contribution in [-0.4, -0.2) is 72.7 Å². The molecule has 1 atom stereocenters. The maximum absolute atomic E-state index is 13.3. The minimum atomic E-state index is -0.237. The summed E-state index contributed by atoms with van der Waals surface area (Å²) in [7, 11) is 0. The van der Waals surface area contributed by atoms with Crippen LogP contribution < -0.4 is 14.7 Å². The summed E-state index contributed by atoms with van der Waals surface area (Å²) >= 11 is 1.45. The first-order chi connectivity index (χ1) is 16.1. The van der Waals surface area contributed by atoms with Crippen LogP contribution in [0.1, 0.15) is 32.1 Å². The van der Waals surface area contributed by atoms with Gasteiger partial charge >= 0.3 is 0 Å². The molecule has 0 N–H and O–H groups in total. The summed E-state index contributed by atoms with van der Waals surface area (Å²) in [6.07, 6.45) is 4.32. The molecule has 5 rings (SSSR count). The highest BCUT2D eigenvalue weighted by Gasteiger charge is 2.33. The van der Waals surface area contributed by atoms with Gasteiger partial charge in [-0.3, -0.25) is 14.5 Å². The van der Waals surface area contributed by atoms with Crippen LogP contribution in [-0.2, 0) is 9.59 Å². The Morgan fingerprint density at radius 2 is 1.67 bits per heavy atom. The lowest BCUT2D eigenvalue weighted by molar-refractivity contribution is -0.136. The maximum atomic E-state index is 13.3. The van der Waals surface area contributed by atoms with Crippen LogP contribution in [0.5, 0.6) is 0 Å². The average Bonchev–Trinajstić information content (AvgIpc) is 3.35. The summed E-state index contributed by atoms with van der Waals surface area (Å²) < 4.78 is 13.2. The normalized spacial score (nSPS) is 22.1. The Kier molecular flexibility index (Phi) is 6.43. The molecule has 0 aliphatic carbocycles. The smallest absolute Gasteiger partial charge is 0.228 e. The molecule has 2 aromatic rings. The Morgan fingerprint density at radius 1 is 0.909 bits per heavy atom. The van der Waals surface area contributed by atoms with E-state index in [1.807, 2.05) is 4.90 Å². The van der Waals surface area contributed by atoms with Crippen molar-refractivity contribution in [2.75, 3.05) is 60.5 Å². The third kappa shape index (κ3) is 4.80. The van der Waals surface area contributed by atoms with E-state index in [0.29, 0.717) is 37.7 Å². The van der Waals surface area contributed by atoms with Crippen molar-refractivity contribution in [3.8, 4) is 0 Å². The van der Waals surface area contributed by atoms with E-state index >= 15 is 0 Å². The van der Waals surface area contributed by atoms with Crippen LogP contribution in [0.4, 0.5) is 20.3 Å². The summed E-state index contributed by atoms with van der Waals surface area (Å²) in [6, 6.07) is 6.53. The first kappa shape index (κ1) is 22.1. The molecular weight excluding hydrogens is 443 g/mol. The van der Waals surface area contributed by atoms with Gasteiger partial charge in [0.15, 0.2) is 0 Å². The first-order valence-electron chi connectivity index (χ1n) is 11.8. The van der Waals surface area contributed by atoms with E-state index in [0.717, 1.165) is 56.1 Å². The minimum absolute atomic E-state index is 0.0555. The predicted octanol–water partition coefficient (Wildman–Crippen LogP) is 2.76. The van der Waals surface area contributed by atoms with Crippen molar-refractivity contribution in [3.63, 3.8) is 0 Å². The number of carbonyl (C=O) groups excluding carboxylic acids is 2. The molecule has 3 fully saturated rings. The highest BCUT2D eigenvalue weighted by molar-refractivity contribution is 7.19. The van der Waals surface area contributed by atoms with Gasteiger partial charge in [-0.1, -0.05) is 11.3 Å². The molecule has 3 aliphatic heterocycles. The van der Waals surface area contributed by atoms with E-state index in [-0.39, 0.29) is 23.5 Å². The quantitative estimate of drug-likeness (QED) is 0.682. The van der Waals surface area contributed by atoms with Crippen molar-refractivity contribution >= 4 is 39.1 Å². The summed E-state index contributed by atoms with van der Waals surface area (Å²) in [5, 5.41) is 10.1. The van der Waals surface area contributed by atoms with Crippen LogP contribution >= 0.6 is 11.3 Å². The fourth-order valence-corrected chi connectivity index (χ4v) is 5.83. The highest BCUT2D eigenvalue weighted by Crippen LogP contribution is 2.32. The Bertz CT molecular complexity index is 991. The molecule has 33 heavy (non-hydrogen) atoms. The third-order valence-corrected chi connectivity index (χ3v) is 7.79. The van der Waals surface area contributed by atoms with Crippen molar-refractivity contribution in [1.29, 1.82) is 0 Å². The molecule has 1 aromatic carbocycles. The van der Waals surface area contributed by atoms with Gasteiger partial charge in [0, 0.05) is 57.9 Å². The van der Waals surface area contributed by atoms with Gasteiger partial charge in [0.25, 0.3) is 0 Å². The number of aromatic nitrogens is 2. The van der Waals surface area contributed by atoms with Gasteiger partial charge in [-0.15, -0.1) is 10.2 Å². The molecule has 0 bridgehead atoms. The van der Waals surface area contributed by atoms with Crippen molar-refractivity contribution in [1.82, 2.24) is 15.1 Å². The Balaban J connectivity index is 1.18. The predicted molar refractivity (Wildman–Crippen MR) is 126 cm³/mol. The zero-order chi connectivity index (χ0) is 22.8. The number of halogens is 1. The first-order valence-corrected chi connectivity index (χ1v) is 12.6. The molecule has 0 unspecified atom stereocenters. The zero-order valence-corrected chi connectivity index (χ0v) is 19.5. The number of hydrogen-bond donors (Lipinski definition) is 0. The second kappa shape index (κ2) is 9.62. The zero-order valence-electron chi connectivity index (χ0n) is 18.7. The third-order valence-electron chi connectivity index (χ3n) is 6.78. The van der Waals surface area contributed by atoms with Crippen molar-refractivity contribution in [2.45, 2.75) is 32.1 Å². The van der Waals surface area contributed by atoms with Crippen molar-refractivity contribution in [2.24, 2.45) is 5.92 Å². The van der Waals surface area contributed by atoms with Gasteiger partial charge in [-0.2, -0.15) is 0 Å². The second-order valence-electron chi connectivity index (χ2n) is 8.94. The van der Waals surface area contributed by atoms with E-state index in [2.05, 4.69) is 20.0 Å². The Morgan fingerprint density at radius 3 is 2.42 bits per heavy atom. The van der Waals surface area contributed by atoms with Crippen molar-refractivity contribution in [3.05, 3.63) is 30.1 Å². The van der Waals surface area contributed by atoms with Gasteiger partial charge in [-0.25, -0.2) is 4.39 Å². The number of piperazine rings is 1. The fraction of sp³-hybridized carbons (Fsp3) is 0.565. The second-order valence-corrected chi connectivity index (χ2v) is 9.88. The summed E-state index contributed by atoms with van der Waals surface area (Å²) in [5.41, 5.74) is 0.992. The molecule has 0 spiro atoms. The monoisotopic (exact) mass is 472 g/mol. The number of rotatable bonds is 4. The maximum Gasteiger partial charge on any atom is 0.228 e. The van der Waals surface area contributed by atoms with E-state index in [4.69, 9.17) is 0 Å². The van der Waals surface area contributed by atoms with E-state index in [1.165, 1.54) is 23.5 Å². The molecule has 1 aromatic heterocycles.